The number of imidazole rings is 1. The number of aryl methyl sites for hydroxylation is 2. The van der Waals surface area contributed by atoms with E-state index in [1.54, 1.807) is 0 Å². The van der Waals surface area contributed by atoms with E-state index in [-0.39, 0.29) is 0 Å². The van der Waals surface area contributed by atoms with Gasteiger partial charge in [-0.25, -0.2) is 9.13 Å². The van der Waals surface area contributed by atoms with Crippen LogP contribution in [0.1, 0.15) is 33.5 Å². The minimum Gasteiger partial charge on any atom is -0.378 e. The van der Waals surface area contributed by atoms with Crippen molar-refractivity contribution in [3.63, 3.8) is 0 Å². The van der Waals surface area contributed by atoms with Crippen LogP contribution in [0.2, 0.25) is 10.0 Å². The van der Waals surface area contributed by atoms with E-state index < -0.39 is 0 Å². The summed E-state index contributed by atoms with van der Waals surface area (Å²) in [4.78, 5) is 2.26. The van der Waals surface area contributed by atoms with Crippen molar-refractivity contribution in [1.29, 1.82) is 0 Å². The summed E-state index contributed by atoms with van der Waals surface area (Å²) in [7, 11) is 0. The molecule has 0 aliphatic carbocycles. The molecular formula is C19H26Cl2N3+. The van der Waals surface area contributed by atoms with Gasteiger partial charge in [-0.1, -0.05) is 29.3 Å². The van der Waals surface area contributed by atoms with E-state index in [4.69, 9.17) is 23.2 Å². The van der Waals surface area contributed by atoms with Crippen molar-refractivity contribution in [3.8, 4) is 0 Å². The molecule has 24 heavy (non-hydrogen) atoms. The molecule has 1 aromatic heterocycles. The highest BCUT2D eigenvalue weighted by Crippen LogP contribution is 2.28. The molecule has 3 nitrogen and oxygen atoms in total. The highest BCUT2D eigenvalue weighted by atomic mass is 35.5. The van der Waals surface area contributed by atoms with Gasteiger partial charge in [-0.2, -0.15) is 0 Å². The van der Waals surface area contributed by atoms with Gasteiger partial charge in [-0.3, -0.25) is 0 Å². The third kappa shape index (κ3) is 3.79. The molecule has 0 aliphatic rings. The number of aromatic nitrogens is 2. The summed E-state index contributed by atoms with van der Waals surface area (Å²) >= 11 is 12.5. The molecule has 0 saturated carbocycles. The average molecular weight is 367 g/mol. The van der Waals surface area contributed by atoms with E-state index in [1.807, 2.05) is 12.1 Å². The lowest BCUT2D eigenvalue weighted by Crippen LogP contribution is -2.35. The van der Waals surface area contributed by atoms with Crippen LogP contribution in [0.15, 0.2) is 30.5 Å². The normalized spacial score (nSPS) is 12.1. The summed E-state index contributed by atoms with van der Waals surface area (Å²) in [5.41, 5.74) is 2.22. The minimum absolute atomic E-state index is 0.594. The number of rotatable bonds is 7. The van der Waals surface area contributed by atoms with Gasteiger partial charge in [0.15, 0.2) is 11.0 Å². The quantitative estimate of drug-likeness (QED) is 0.487. The van der Waals surface area contributed by atoms with E-state index in [0.717, 1.165) is 43.0 Å². The van der Waals surface area contributed by atoms with Crippen LogP contribution in [0, 0.1) is 0 Å². The van der Waals surface area contributed by atoms with Crippen LogP contribution < -0.4 is 4.57 Å². The Kier molecular flexibility index (Phi) is 6.76. The number of benzene rings is 1. The molecule has 0 bridgehead atoms. The lowest BCUT2D eigenvalue weighted by atomic mass is 10.3. The molecule has 0 spiro atoms. The summed E-state index contributed by atoms with van der Waals surface area (Å²) in [5.74, 6) is 1.15. The van der Waals surface area contributed by atoms with Crippen molar-refractivity contribution in [1.82, 2.24) is 9.47 Å². The predicted octanol–water partition coefficient (Wildman–Crippen LogP) is 5.14. The Balaban J connectivity index is 2.49. The first kappa shape index (κ1) is 18.9. The highest BCUT2D eigenvalue weighted by Gasteiger charge is 2.22. The van der Waals surface area contributed by atoms with E-state index >= 15 is 0 Å². The number of hydrogen-bond donors (Lipinski definition) is 0. The monoisotopic (exact) mass is 366 g/mol. The maximum absolute atomic E-state index is 6.23. The summed E-state index contributed by atoms with van der Waals surface area (Å²) in [6.45, 7) is 12.4. The first-order valence-corrected chi connectivity index (χ1v) is 9.32. The van der Waals surface area contributed by atoms with E-state index in [0.29, 0.717) is 10.0 Å². The number of allylic oxidation sites excluding steroid dienone is 2. The Morgan fingerprint density at radius 2 is 1.71 bits per heavy atom. The molecule has 5 heteroatoms. The zero-order chi connectivity index (χ0) is 17.7. The number of halogens is 2. The molecule has 0 aliphatic heterocycles. The first-order chi connectivity index (χ1) is 11.6. The van der Waals surface area contributed by atoms with Crippen LogP contribution in [0.4, 0.5) is 0 Å². The van der Waals surface area contributed by atoms with Gasteiger partial charge in [0.1, 0.15) is 0 Å². The lowest BCUT2D eigenvalue weighted by Gasteiger charge is -2.13. The van der Waals surface area contributed by atoms with Gasteiger partial charge in [0.2, 0.25) is 0 Å². The Bertz CT molecular complexity index is 709. The van der Waals surface area contributed by atoms with Crippen molar-refractivity contribution in [3.05, 3.63) is 46.4 Å². The topological polar surface area (TPSA) is 12.1 Å². The van der Waals surface area contributed by atoms with E-state index in [9.17, 15) is 0 Å². The summed E-state index contributed by atoms with van der Waals surface area (Å²) in [6.07, 6.45) is 8.45. The predicted molar refractivity (Wildman–Crippen MR) is 105 cm³/mol. The third-order valence-electron chi connectivity index (χ3n) is 4.25. The van der Waals surface area contributed by atoms with Crippen LogP contribution in [0.5, 0.6) is 0 Å². The standard InChI is InChI=1S/C19H26Cl2N3/c1-5-22(6-2)12-10-9-11-19-23(7-3)17-13-15(20)16(21)14-18(17)24(19)8-4/h9-14H,5-8H2,1-4H3/q+1. The van der Waals surface area contributed by atoms with Gasteiger partial charge < -0.3 is 4.90 Å². The molecule has 130 valence electrons. The second kappa shape index (κ2) is 8.59. The second-order valence-electron chi connectivity index (χ2n) is 5.52. The van der Waals surface area contributed by atoms with Gasteiger partial charge in [0, 0.05) is 31.3 Å². The highest BCUT2D eigenvalue weighted by molar-refractivity contribution is 6.42. The average Bonchev–Trinajstić information content (AvgIpc) is 2.87. The summed E-state index contributed by atoms with van der Waals surface area (Å²) in [6, 6.07) is 3.91. The van der Waals surface area contributed by atoms with Crippen molar-refractivity contribution in [2.24, 2.45) is 0 Å². The minimum atomic E-state index is 0.594. The van der Waals surface area contributed by atoms with Crippen LogP contribution in [-0.4, -0.2) is 22.6 Å². The zero-order valence-electron chi connectivity index (χ0n) is 14.9. The van der Waals surface area contributed by atoms with E-state index in [2.05, 4.69) is 66.2 Å². The lowest BCUT2D eigenvalue weighted by molar-refractivity contribution is -0.670. The fourth-order valence-electron chi connectivity index (χ4n) is 2.94. The molecular weight excluding hydrogens is 341 g/mol. The zero-order valence-corrected chi connectivity index (χ0v) is 16.4. The van der Waals surface area contributed by atoms with Crippen molar-refractivity contribution in [2.45, 2.75) is 40.8 Å². The first-order valence-electron chi connectivity index (χ1n) is 8.57. The maximum Gasteiger partial charge on any atom is 0.282 e. The Hall–Kier alpha value is -1.45. The van der Waals surface area contributed by atoms with Crippen LogP contribution in [0.3, 0.4) is 0 Å². The number of nitrogens with zero attached hydrogens (tertiary/aromatic N) is 3. The van der Waals surface area contributed by atoms with Gasteiger partial charge in [0.05, 0.1) is 23.1 Å². The fourth-order valence-corrected chi connectivity index (χ4v) is 3.26. The number of fused-ring (bicyclic) bond motifs is 1. The SMILES string of the molecule is CCN(C=CC=Cc1n(CC)c2cc(Cl)c(Cl)cc2[n+]1CC)CC. The molecule has 0 atom stereocenters. The van der Waals surface area contributed by atoms with Crippen molar-refractivity contribution in [2.75, 3.05) is 13.1 Å². The number of hydrogen-bond acceptors (Lipinski definition) is 1. The molecule has 0 fully saturated rings. The smallest absolute Gasteiger partial charge is 0.282 e. The van der Waals surface area contributed by atoms with Crippen LogP contribution in [0.25, 0.3) is 17.1 Å². The molecule has 0 saturated heterocycles. The largest absolute Gasteiger partial charge is 0.378 e. The molecule has 1 heterocycles. The van der Waals surface area contributed by atoms with E-state index in [1.165, 1.54) is 0 Å². The Morgan fingerprint density at radius 1 is 1.04 bits per heavy atom. The molecule has 0 N–H and O–H groups in total. The molecule has 0 radical (unpaired) electrons. The fraction of sp³-hybridized carbons (Fsp3) is 0.421. The van der Waals surface area contributed by atoms with Crippen molar-refractivity contribution < 1.29 is 4.57 Å². The van der Waals surface area contributed by atoms with Gasteiger partial charge >= 0.3 is 0 Å². The molecule has 1 aromatic carbocycles. The van der Waals surface area contributed by atoms with Crippen molar-refractivity contribution >= 4 is 40.3 Å². The summed E-state index contributed by atoms with van der Waals surface area (Å²) in [5, 5.41) is 1.19. The van der Waals surface area contributed by atoms with Gasteiger partial charge in [0.25, 0.3) is 5.82 Å². The van der Waals surface area contributed by atoms with Crippen LogP contribution >= 0.6 is 23.2 Å². The Labute approximate surface area is 154 Å². The molecule has 0 amide bonds. The maximum atomic E-state index is 6.23. The molecule has 2 aromatic rings. The van der Waals surface area contributed by atoms with Gasteiger partial charge in [-0.15, -0.1) is 0 Å². The van der Waals surface area contributed by atoms with Gasteiger partial charge in [-0.05, 0) is 40.0 Å². The second-order valence-corrected chi connectivity index (χ2v) is 6.34. The van der Waals surface area contributed by atoms with Crippen LogP contribution in [-0.2, 0) is 13.1 Å². The third-order valence-corrected chi connectivity index (χ3v) is 4.97. The summed E-state index contributed by atoms with van der Waals surface area (Å²) < 4.78 is 4.53. The molecule has 2 rings (SSSR count). The molecule has 0 unspecified atom stereocenters. The Morgan fingerprint density at radius 3 is 2.29 bits per heavy atom.